The Hall–Kier alpha value is -0.0900. The maximum absolute atomic E-state index is 11.9. The van der Waals surface area contributed by atoms with Crippen LogP contribution in [-0.2, 0) is 9.84 Å². The molecule has 0 saturated heterocycles. The molecule has 0 amide bonds. The van der Waals surface area contributed by atoms with Gasteiger partial charge in [0, 0.05) is 12.3 Å². The average Bonchev–Trinajstić information content (AvgIpc) is 2.15. The summed E-state index contributed by atoms with van der Waals surface area (Å²) in [5.74, 6) is 0.511. The number of rotatable bonds is 3. The lowest BCUT2D eigenvalue weighted by Crippen LogP contribution is -2.49. The Labute approximate surface area is 106 Å². The average molecular weight is 261 g/mol. The first-order chi connectivity index (χ1) is 7.66. The van der Waals surface area contributed by atoms with Crippen LogP contribution in [0.3, 0.4) is 0 Å². The largest absolute Gasteiger partial charge is 0.313 e. The molecule has 0 radical (unpaired) electrons. The molecule has 0 aliphatic heterocycles. The Bertz CT molecular complexity index is 343. The normalized spacial score (nSPS) is 31.5. The molecule has 1 aliphatic carbocycles. The van der Waals surface area contributed by atoms with Gasteiger partial charge < -0.3 is 5.32 Å². The highest BCUT2D eigenvalue weighted by molar-refractivity contribution is 7.91. The van der Waals surface area contributed by atoms with Gasteiger partial charge in [-0.05, 0) is 37.1 Å². The van der Waals surface area contributed by atoms with Crippen molar-refractivity contribution in [3.63, 3.8) is 0 Å². The molecule has 1 saturated carbocycles. The molecule has 0 spiro atoms. The van der Waals surface area contributed by atoms with E-state index in [0.717, 1.165) is 25.8 Å². The third-order valence-corrected chi connectivity index (χ3v) is 5.65. The molecule has 0 bridgehead atoms. The maximum atomic E-state index is 11.9. The molecule has 1 N–H and O–H groups in total. The van der Waals surface area contributed by atoms with E-state index in [1.165, 1.54) is 6.26 Å². The Balaban J connectivity index is 2.85. The van der Waals surface area contributed by atoms with Crippen molar-refractivity contribution >= 4 is 9.84 Å². The monoisotopic (exact) mass is 261 g/mol. The highest BCUT2D eigenvalue weighted by Crippen LogP contribution is 2.39. The minimum Gasteiger partial charge on any atom is -0.313 e. The van der Waals surface area contributed by atoms with E-state index in [0.29, 0.717) is 5.92 Å². The second-order valence-corrected chi connectivity index (χ2v) is 8.67. The molecule has 1 aliphatic rings. The Morgan fingerprint density at radius 2 is 1.82 bits per heavy atom. The third-order valence-electron chi connectivity index (χ3n) is 4.03. The summed E-state index contributed by atoms with van der Waals surface area (Å²) in [4.78, 5) is 0. The van der Waals surface area contributed by atoms with E-state index >= 15 is 0 Å². The molecule has 4 heteroatoms. The third kappa shape index (κ3) is 3.95. The Kier molecular flexibility index (Phi) is 4.64. The van der Waals surface area contributed by atoms with Crippen LogP contribution < -0.4 is 5.32 Å². The van der Waals surface area contributed by atoms with E-state index in [2.05, 4.69) is 26.1 Å². The molecule has 3 nitrogen and oxygen atoms in total. The first kappa shape index (κ1) is 15.0. The molecular weight excluding hydrogens is 234 g/mol. The van der Waals surface area contributed by atoms with Gasteiger partial charge >= 0.3 is 0 Å². The van der Waals surface area contributed by atoms with Crippen molar-refractivity contribution in [2.45, 2.75) is 58.2 Å². The summed E-state index contributed by atoms with van der Waals surface area (Å²) < 4.78 is 23.8. The summed E-state index contributed by atoms with van der Waals surface area (Å²) >= 11 is 0. The highest BCUT2D eigenvalue weighted by Gasteiger charge is 2.39. The van der Waals surface area contributed by atoms with E-state index in [1.54, 1.807) is 0 Å². The smallest absolute Gasteiger partial charge is 0.151 e. The number of hydrogen-bond acceptors (Lipinski definition) is 3. The van der Waals surface area contributed by atoms with Gasteiger partial charge in [-0.25, -0.2) is 8.42 Å². The molecule has 1 fully saturated rings. The van der Waals surface area contributed by atoms with Crippen molar-refractivity contribution in [3.8, 4) is 0 Å². The van der Waals surface area contributed by atoms with E-state index in [4.69, 9.17) is 0 Å². The first-order valence-electron chi connectivity index (χ1n) is 6.58. The minimum atomic E-state index is -2.95. The molecule has 0 aromatic carbocycles. The SMILES string of the molecule is CCNC1CCC(C(C)(C)C)CC1S(C)(=O)=O. The fraction of sp³-hybridized carbons (Fsp3) is 1.00. The predicted octanol–water partition coefficient (Wildman–Crippen LogP) is 2.22. The molecule has 0 aromatic rings. The first-order valence-corrected chi connectivity index (χ1v) is 8.54. The zero-order chi connectivity index (χ0) is 13.3. The van der Waals surface area contributed by atoms with E-state index < -0.39 is 9.84 Å². The van der Waals surface area contributed by atoms with Gasteiger partial charge in [-0.15, -0.1) is 0 Å². The van der Waals surface area contributed by atoms with Crippen LogP contribution >= 0.6 is 0 Å². The van der Waals surface area contributed by atoms with Gasteiger partial charge in [0.2, 0.25) is 0 Å². The van der Waals surface area contributed by atoms with Crippen molar-refractivity contribution in [1.29, 1.82) is 0 Å². The molecule has 102 valence electrons. The lowest BCUT2D eigenvalue weighted by Gasteiger charge is -2.41. The predicted molar refractivity (Wildman–Crippen MR) is 72.9 cm³/mol. The quantitative estimate of drug-likeness (QED) is 0.847. The van der Waals surface area contributed by atoms with Crippen molar-refractivity contribution in [2.75, 3.05) is 12.8 Å². The van der Waals surface area contributed by atoms with Crippen LogP contribution in [0.5, 0.6) is 0 Å². The topological polar surface area (TPSA) is 46.2 Å². The van der Waals surface area contributed by atoms with Gasteiger partial charge in [-0.3, -0.25) is 0 Å². The lowest BCUT2D eigenvalue weighted by molar-refractivity contribution is 0.163. The van der Waals surface area contributed by atoms with Crippen molar-refractivity contribution < 1.29 is 8.42 Å². The summed E-state index contributed by atoms with van der Waals surface area (Å²) in [6, 6.07) is 0.147. The zero-order valence-corrected chi connectivity index (χ0v) is 12.6. The molecule has 3 atom stereocenters. The van der Waals surface area contributed by atoms with Crippen LogP contribution in [0.2, 0.25) is 0 Å². The van der Waals surface area contributed by atoms with E-state index in [1.807, 2.05) is 6.92 Å². The van der Waals surface area contributed by atoms with Crippen LogP contribution in [0.15, 0.2) is 0 Å². The zero-order valence-electron chi connectivity index (χ0n) is 11.8. The summed E-state index contributed by atoms with van der Waals surface area (Å²) in [6.45, 7) is 9.52. The Morgan fingerprint density at radius 1 is 1.24 bits per heavy atom. The van der Waals surface area contributed by atoms with E-state index in [9.17, 15) is 8.42 Å². The number of nitrogens with one attached hydrogen (secondary N) is 1. The van der Waals surface area contributed by atoms with E-state index in [-0.39, 0.29) is 16.7 Å². The molecule has 0 heterocycles. The number of hydrogen-bond donors (Lipinski definition) is 1. The molecule has 17 heavy (non-hydrogen) atoms. The lowest BCUT2D eigenvalue weighted by atomic mass is 9.71. The van der Waals surface area contributed by atoms with Crippen LogP contribution in [0, 0.1) is 11.3 Å². The van der Waals surface area contributed by atoms with Crippen LogP contribution in [0.4, 0.5) is 0 Å². The summed E-state index contributed by atoms with van der Waals surface area (Å²) in [5, 5.41) is 3.13. The van der Waals surface area contributed by atoms with Gasteiger partial charge in [-0.1, -0.05) is 27.7 Å². The van der Waals surface area contributed by atoms with Gasteiger partial charge in [-0.2, -0.15) is 0 Å². The molecule has 1 rings (SSSR count). The summed E-state index contributed by atoms with van der Waals surface area (Å²) in [5.41, 5.74) is 0.208. The van der Waals surface area contributed by atoms with Gasteiger partial charge in [0.15, 0.2) is 9.84 Å². The Morgan fingerprint density at radius 3 is 2.24 bits per heavy atom. The van der Waals surface area contributed by atoms with Crippen LogP contribution in [-0.4, -0.2) is 32.5 Å². The molecule has 3 unspecified atom stereocenters. The summed E-state index contributed by atoms with van der Waals surface area (Å²) in [7, 11) is -2.95. The second kappa shape index (κ2) is 5.27. The highest BCUT2D eigenvalue weighted by atomic mass is 32.2. The summed E-state index contributed by atoms with van der Waals surface area (Å²) in [6.07, 6.45) is 4.30. The fourth-order valence-corrected chi connectivity index (χ4v) is 4.30. The van der Waals surface area contributed by atoms with Gasteiger partial charge in [0.1, 0.15) is 0 Å². The standard InChI is InChI=1S/C13H27NO2S/c1-6-14-11-8-7-10(13(2,3)4)9-12(11)17(5,15)16/h10-12,14H,6-9H2,1-5H3. The van der Waals surface area contributed by atoms with Gasteiger partial charge in [0.25, 0.3) is 0 Å². The van der Waals surface area contributed by atoms with Gasteiger partial charge in [0.05, 0.1) is 5.25 Å². The minimum absolute atomic E-state index is 0.147. The van der Waals surface area contributed by atoms with Crippen molar-refractivity contribution in [2.24, 2.45) is 11.3 Å². The fourth-order valence-electron chi connectivity index (χ4n) is 2.88. The van der Waals surface area contributed by atoms with Crippen molar-refractivity contribution in [1.82, 2.24) is 5.32 Å². The maximum Gasteiger partial charge on any atom is 0.151 e. The number of sulfone groups is 1. The van der Waals surface area contributed by atoms with Crippen LogP contribution in [0.1, 0.15) is 47.0 Å². The second-order valence-electron chi connectivity index (χ2n) is 6.41. The van der Waals surface area contributed by atoms with Crippen molar-refractivity contribution in [3.05, 3.63) is 0 Å². The molecule has 0 aromatic heterocycles. The molecular formula is C13H27NO2S. The van der Waals surface area contributed by atoms with Crippen LogP contribution in [0.25, 0.3) is 0 Å².